The van der Waals surface area contributed by atoms with Gasteiger partial charge in [0.15, 0.2) is 23.3 Å². The average Bonchev–Trinajstić information content (AvgIpc) is 2.86. The normalized spacial score (nSPS) is 13.1. The smallest absolute Gasteiger partial charge is 0.165 e. The van der Waals surface area contributed by atoms with Crippen molar-refractivity contribution in [1.29, 1.82) is 0 Å². The maximum atomic E-state index is 15.4. The monoisotopic (exact) mass is 488 g/mol. The van der Waals surface area contributed by atoms with Gasteiger partial charge in [-0.3, -0.25) is 0 Å². The highest BCUT2D eigenvalue weighted by molar-refractivity contribution is 6.26. The van der Waals surface area contributed by atoms with E-state index in [2.05, 4.69) is 18.2 Å². The van der Waals surface area contributed by atoms with Crippen LogP contribution >= 0.6 is 0 Å². The Kier molecular flexibility index (Phi) is 6.02. The molecule has 0 aliphatic carbocycles. The SMILES string of the molecule is CCC(Cc1cccc2c3ccccc3c3ccccc3c12)c1c(F)c(F)c(C(C)(C)C)c(F)c1F. The summed E-state index contributed by atoms with van der Waals surface area (Å²) in [5, 5.41) is 6.38. The lowest BCUT2D eigenvalue weighted by Gasteiger charge is -2.25. The van der Waals surface area contributed by atoms with E-state index in [1.807, 2.05) is 48.5 Å². The van der Waals surface area contributed by atoms with Crippen LogP contribution in [0.3, 0.4) is 0 Å². The van der Waals surface area contributed by atoms with Crippen molar-refractivity contribution in [3.63, 3.8) is 0 Å². The van der Waals surface area contributed by atoms with Gasteiger partial charge in [0.1, 0.15) is 0 Å². The van der Waals surface area contributed by atoms with Gasteiger partial charge in [-0.15, -0.1) is 0 Å². The molecule has 184 valence electrons. The first-order chi connectivity index (χ1) is 17.1. The highest BCUT2D eigenvalue weighted by atomic mass is 19.2. The lowest BCUT2D eigenvalue weighted by atomic mass is 9.81. The van der Waals surface area contributed by atoms with Crippen LogP contribution in [-0.2, 0) is 11.8 Å². The number of fused-ring (bicyclic) bond motifs is 6. The molecule has 1 atom stereocenters. The number of benzene rings is 5. The molecule has 0 saturated carbocycles. The van der Waals surface area contributed by atoms with Crippen LogP contribution in [-0.4, -0.2) is 0 Å². The van der Waals surface area contributed by atoms with E-state index in [9.17, 15) is 0 Å². The first-order valence-electron chi connectivity index (χ1n) is 12.3. The van der Waals surface area contributed by atoms with E-state index in [0.29, 0.717) is 6.42 Å². The van der Waals surface area contributed by atoms with E-state index >= 15 is 17.6 Å². The summed E-state index contributed by atoms with van der Waals surface area (Å²) in [4.78, 5) is 0. The number of hydrogen-bond acceptors (Lipinski definition) is 0. The average molecular weight is 489 g/mol. The second kappa shape index (κ2) is 8.92. The molecule has 0 amide bonds. The first-order valence-corrected chi connectivity index (χ1v) is 12.3. The lowest BCUT2D eigenvalue weighted by Crippen LogP contribution is -2.22. The summed E-state index contributed by atoms with van der Waals surface area (Å²) in [7, 11) is 0. The fraction of sp³-hybridized carbons (Fsp3) is 0.250. The summed E-state index contributed by atoms with van der Waals surface area (Å²) in [5.41, 5.74) is -1.26. The van der Waals surface area contributed by atoms with Crippen LogP contribution in [0.2, 0.25) is 0 Å². The van der Waals surface area contributed by atoms with E-state index < -0.39 is 45.7 Å². The van der Waals surface area contributed by atoms with Gasteiger partial charge in [-0.1, -0.05) is 94.4 Å². The van der Waals surface area contributed by atoms with Crippen molar-refractivity contribution in [3.05, 3.63) is 107 Å². The zero-order valence-corrected chi connectivity index (χ0v) is 20.9. The second-order valence-corrected chi connectivity index (χ2v) is 10.5. The number of rotatable bonds is 4. The fourth-order valence-corrected chi connectivity index (χ4v) is 5.58. The van der Waals surface area contributed by atoms with E-state index in [1.54, 1.807) is 6.92 Å². The molecule has 0 saturated heterocycles. The van der Waals surface area contributed by atoms with E-state index in [0.717, 1.165) is 37.9 Å². The Morgan fingerprint density at radius 3 is 1.53 bits per heavy atom. The largest absolute Gasteiger partial charge is 0.203 e. The second-order valence-electron chi connectivity index (χ2n) is 10.5. The Hall–Kier alpha value is -3.40. The van der Waals surface area contributed by atoms with Crippen LogP contribution < -0.4 is 0 Å². The molecule has 5 aromatic rings. The lowest BCUT2D eigenvalue weighted by molar-refractivity contribution is 0.385. The third-order valence-electron chi connectivity index (χ3n) is 7.27. The van der Waals surface area contributed by atoms with Crippen LogP contribution in [0.5, 0.6) is 0 Å². The molecular weight excluding hydrogens is 460 g/mol. The Bertz CT molecular complexity index is 1550. The predicted molar refractivity (Wildman–Crippen MR) is 141 cm³/mol. The standard InChI is InChI=1S/C32H28F4/c1-5-18(26-28(33)30(35)27(32(2,3)4)31(36)29(26)34)17-19-11-10-16-24-22-13-7-6-12-20(22)21-14-8-9-15-23(21)25(19)24/h6-16,18H,5,17H2,1-4H3. The molecule has 36 heavy (non-hydrogen) atoms. The molecule has 0 radical (unpaired) electrons. The summed E-state index contributed by atoms with van der Waals surface area (Å²) in [6.07, 6.45) is 0.571. The molecule has 0 spiro atoms. The molecule has 0 aliphatic heterocycles. The Balaban J connectivity index is 1.74. The molecule has 0 bridgehead atoms. The number of halogens is 4. The summed E-state index contributed by atoms with van der Waals surface area (Å²) in [5.74, 6) is -5.92. The Morgan fingerprint density at radius 1 is 0.611 bits per heavy atom. The molecule has 4 heteroatoms. The fourth-order valence-electron chi connectivity index (χ4n) is 5.58. The van der Waals surface area contributed by atoms with E-state index in [-0.39, 0.29) is 6.42 Å². The molecule has 0 fully saturated rings. The van der Waals surface area contributed by atoms with Gasteiger partial charge in [-0.05, 0) is 62.1 Å². The van der Waals surface area contributed by atoms with Crippen LogP contribution in [0.1, 0.15) is 56.7 Å². The molecule has 0 N–H and O–H groups in total. The Morgan fingerprint density at radius 2 is 1.06 bits per heavy atom. The van der Waals surface area contributed by atoms with E-state index in [1.165, 1.54) is 20.8 Å². The topological polar surface area (TPSA) is 0 Å². The quantitative estimate of drug-likeness (QED) is 0.134. The van der Waals surface area contributed by atoms with Crippen LogP contribution in [0.15, 0.2) is 66.7 Å². The minimum atomic E-state index is -1.30. The van der Waals surface area contributed by atoms with Crippen molar-refractivity contribution >= 4 is 32.3 Å². The zero-order valence-electron chi connectivity index (χ0n) is 20.9. The maximum Gasteiger partial charge on any atom is 0.165 e. The minimum Gasteiger partial charge on any atom is -0.203 e. The minimum absolute atomic E-state index is 0.248. The third kappa shape index (κ3) is 3.75. The summed E-state index contributed by atoms with van der Waals surface area (Å²) < 4.78 is 60.9. The van der Waals surface area contributed by atoms with Gasteiger partial charge in [-0.2, -0.15) is 0 Å². The third-order valence-corrected chi connectivity index (χ3v) is 7.27. The van der Waals surface area contributed by atoms with Crippen LogP contribution in [0.25, 0.3) is 32.3 Å². The highest BCUT2D eigenvalue weighted by Gasteiger charge is 2.34. The van der Waals surface area contributed by atoms with Gasteiger partial charge in [0.25, 0.3) is 0 Å². The molecule has 5 rings (SSSR count). The summed E-state index contributed by atoms with van der Waals surface area (Å²) in [6.45, 7) is 6.40. The van der Waals surface area contributed by atoms with Crippen LogP contribution in [0.4, 0.5) is 17.6 Å². The molecule has 5 aromatic carbocycles. The van der Waals surface area contributed by atoms with Gasteiger partial charge in [0, 0.05) is 11.1 Å². The van der Waals surface area contributed by atoms with E-state index in [4.69, 9.17) is 0 Å². The van der Waals surface area contributed by atoms with Crippen molar-refractivity contribution < 1.29 is 17.6 Å². The van der Waals surface area contributed by atoms with Gasteiger partial charge in [-0.25, -0.2) is 17.6 Å². The Labute approximate surface area is 208 Å². The highest BCUT2D eigenvalue weighted by Crippen LogP contribution is 2.41. The predicted octanol–water partition coefficient (Wildman–Crippen LogP) is 9.74. The summed E-state index contributed by atoms with van der Waals surface area (Å²) >= 11 is 0. The molecule has 0 nitrogen and oxygen atoms in total. The molecule has 0 aromatic heterocycles. The van der Waals surface area contributed by atoms with Crippen molar-refractivity contribution in [2.45, 2.75) is 51.9 Å². The van der Waals surface area contributed by atoms with Gasteiger partial charge in [0.2, 0.25) is 0 Å². The zero-order chi connectivity index (χ0) is 25.8. The summed E-state index contributed by atoms with van der Waals surface area (Å²) in [6, 6.07) is 22.2. The molecule has 0 heterocycles. The van der Waals surface area contributed by atoms with Gasteiger partial charge < -0.3 is 0 Å². The van der Waals surface area contributed by atoms with Crippen molar-refractivity contribution in [2.24, 2.45) is 0 Å². The molecule has 1 unspecified atom stereocenters. The van der Waals surface area contributed by atoms with Crippen molar-refractivity contribution in [2.75, 3.05) is 0 Å². The first kappa shape index (κ1) is 24.3. The maximum absolute atomic E-state index is 15.4. The molecular formula is C32H28F4. The molecule has 0 aliphatic rings. The number of hydrogen-bond donors (Lipinski definition) is 0. The van der Waals surface area contributed by atoms with Gasteiger partial charge >= 0.3 is 0 Å². The van der Waals surface area contributed by atoms with Crippen LogP contribution in [0, 0.1) is 23.3 Å². The van der Waals surface area contributed by atoms with Crippen molar-refractivity contribution in [3.8, 4) is 0 Å². The van der Waals surface area contributed by atoms with Gasteiger partial charge in [0.05, 0.1) is 0 Å². The van der Waals surface area contributed by atoms with Crippen molar-refractivity contribution in [1.82, 2.24) is 0 Å².